The molecule has 2 rings (SSSR count). The van der Waals surface area contributed by atoms with E-state index in [0.29, 0.717) is 15.7 Å². The second-order valence-electron chi connectivity index (χ2n) is 5.71. The number of halogens is 2. The normalized spacial score (nSPS) is 11.4. The summed E-state index contributed by atoms with van der Waals surface area (Å²) in [4.78, 5) is 35.4. The molecule has 8 heteroatoms. The highest BCUT2D eigenvalue weighted by molar-refractivity contribution is 6.42. The summed E-state index contributed by atoms with van der Waals surface area (Å²) in [6.07, 6.45) is -0.0936. The minimum Gasteiger partial charge on any atom is -0.455 e. The van der Waals surface area contributed by atoms with E-state index < -0.39 is 24.5 Å². The van der Waals surface area contributed by atoms with Gasteiger partial charge in [0.05, 0.1) is 22.5 Å². The van der Waals surface area contributed by atoms with E-state index in [-0.39, 0.29) is 12.3 Å². The van der Waals surface area contributed by atoms with E-state index in [1.165, 1.54) is 13.0 Å². The molecule has 0 fully saturated rings. The molecule has 2 amide bonds. The minimum atomic E-state index is -0.609. The SMILES string of the molecule is CC(=O)N[C@H](CC(=O)OCC(=O)Nc1ccc(Cl)c(Cl)c1)c1ccccc1. The quantitative estimate of drug-likeness (QED) is 0.683. The number of nitrogens with one attached hydrogen (secondary N) is 2. The van der Waals surface area contributed by atoms with Crippen molar-refractivity contribution >= 4 is 46.7 Å². The van der Waals surface area contributed by atoms with Crippen LogP contribution in [-0.4, -0.2) is 24.4 Å². The number of carbonyl (C=O) groups excluding carboxylic acids is 3. The number of anilines is 1. The van der Waals surface area contributed by atoms with Gasteiger partial charge in [0, 0.05) is 12.6 Å². The Labute approximate surface area is 166 Å². The first-order valence-corrected chi connectivity index (χ1v) is 8.83. The van der Waals surface area contributed by atoms with Crippen LogP contribution in [0.4, 0.5) is 5.69 Å². The summed E-state index contributed by atoms with van der Waals surface area (Å²) in [5, 5.41) is 5.92. The van der Waals surface area contributed by atoms with Crippen LogP contribution in [0.15, 0.2) is 48.5 Å². The molecule has 27 heavy (non-hydrogen) atoms. The van der Waals surface area contributed by atoms with Crippen molar-refractivity contribution in [3.05, 3.63) is 64.1 Å². The average molecular weight is 409 g/mol. The van der Waals surface area contributed by atoms with Crippen molar-refractivity contribution in [1.29, 1.82) is 0 Å². The summed E-state index contributed by atoms with van der Waals surface area (Å²) < 4.78 is 5.00. The molecular formula is C19H18Cl2N2O4. The largest absolute Gasteiger partial charge is 0.455 e. The second kappa shape index (κ2) is 9.94. The van der Waals surface area contributed by atoms with Gasteiger partial charge in [-0.1, -0.05) is 53.5 Å². The van der Waals surface area contributed by atoms with Gasteiger partial charge in [0.15, 0.2) is 6.61 Å². The molecule has 0 aliphatic heterocycles. The van der Waals surface area contributed by atoms with Crippen molar-refractivity contribution in [1.82, 2.24) is 5.32 Å². The van der Waals surface area contributed by atoms with Gasteiger partial charge in [0.25, 0.3) is 5.91 Å². The summed E-state index contributed by atoms with van der Waals surface area (Å²) in [5.74, 6) is -1.39. The highest BCUT2D eigenvalue weighted by atomic mass is 35.5. The Kier molecular flexibility index (Phi) is 7.64. The van der Waals surface area contributed by atoms with Gasteiger partial charge in [-0.2, -0.15) is 0 Å². The third-order valence-electron chi connectivity index (χ3n) is 3.52. The van der Waals surface area contributed by atoms with Crippen LogP contribution in [0.1, 0.15) is 24.9 Å². The fourth-order valence-corrected chi connectivity index (χ4v) is 2.62. The molecular weight excluding hydrogens is 391 g/mol. The number of esters is 1. The van der Waals surface area contributed by atoms with Gasteiger partial charge in [0.1, 0.15) is 0 Å². The molecule has 0 aliphatic rings. The molecule has 0 aliphatic carbocycles. The van der Waals surface area contributed by atoms with E-state index >= 15 is 0 Å². The predicted molar refractivity (Wildman–Crippen MR) is 104 cm³/mol. The fourth-order valence-electron chi connectivity index (χ4n) is 2.33. The molecule has 0 spiro atoms. The van der Waals surface area contributed by atoms with E-state index in [0.717, 1.165) is 5.56 Å². The smallest absolute Gasteiger partial charge is 0.308 e. The molecule has 0 heterocycles. The molecule has 0 saturated heterocycles. The highest BCUT2D eigenvalue weighted by Gasteiger charge is 2.18. The average Bonchev–Trinajstić information content (AvgIpc) is 2.63. The van der Waals surface area contributed by atoms with Gasteiger partial charge < -0.3 is 15.4 Å². The van der Waals surface area contributed by atoms with Crippen molar-refractivity contribution in [2.75, 3.05) is 11.9 Å². The van der Waals surface area contributed by atoms with Gasteiger partial charge in [0.2, 0.25) is 5.91 Å². The maximum Gasteiger partial charge on any atom is 0.308 e. The second-order valence-corrected chi connectivity index (χ2v) is 6.52. The standard InChI is InChI=1S/C19H18Cl2N2O4/c1-12(24)22-17(13-5-3-2-4-6-13)10-19(26)27-11-18(25)23-14-7-8-15(20)16(21)9-14/h2-9,17H,10-11H2,1H3,(H,22,24)(H,23,25)/t17-/m1/s1. The minimum absolute atomic E-state index is 0.0936. The number of rotatable bonds is 7. The Morgan fingerprint density at radius 3 is 2.37 bits per heavy atom. The van der Waals surface area contributed by atoms with Crippen LogP contribution in [0.5, 0.6) is 0 Å². The van der Waals surface area contributed by atoms with Crippen molar-refractivity contribution < 1.29 is 19.1 Å². The summed E-state index contributed by atoms with van der Waals surface area (Å²) in [6.45, 7) is 0.909. The molecule has 0 bridgehead atoms. The number of hydrogen-bond donors (Lipinski definition) is 2. The summed E-state index contributed by atoms with van der Waals surface area (Å²) in [7, 11) is 0. The third-order valence-corrected chi connectivity index (χ3v) is 4.26. The molecule has 1 atom stereocenters. The zero-order valence-corrected chi connectivity index (χ0v) is 16.0. The van der Waals surface area contributed by atoms with Gasteiger partial charge in [-0.25, -0.2) is 0 Å². The van der Waals surface area contributed by atoms with Crippen LogP contribution in [0.3, 0.4) is 0 Å². The van der Waals surface area contributed by atoms with E-state index in [1.807, 2.05) is 6.07 Å². The molecule has 0 radical (unpaired) electrons. The van der Waals surface area contributed by atoms with E-state index in [9.17, 15) is 14.4 Å². The van der Waals surface area contributed by atoms with Crippen LogP contribution in [-0.2, 0) is 19.1 Å². The summed E-state index contributed by atoms with van der Waals surface area (Å²) in [5.41, 5.74) is 1.20. The molecule has 142 valence electrons. The third kappa shape index (κ3) is 6.92. The molecule has 2 aromatic carbocycles. The molecule has 0 aromatic heterocycles. The maximum absolute atomic E-state index is 12.1. The lowest BCUT2D eigenvalue weighted by Crippen LogP contribution is -2.29. The predicted octanol–water partition coefficient (Wildman–Crippen LogP) is 3.74. The molecule has 2 N–H and O–H groups in total. The Bertz CT molecular complexity index is 828. The molecule has 6 nitrogen and oxygen atoms in total. The van der Waals surface area contributed by atoms with Gasteiger partial charge in [-0.3, -0.25) is 14.4 Å². The Hall–Kier alpha value is -2.57. The van der Waals surface area contributed by atoms with E-state index in [1.54, 1.807) is 36.4 Å². The molecule has 0 unspecified atom stereocenters. The van der Waals surface area contributed by atoms with Crippen molar-refractivity contribution in [3.63, 3.8) is 0 Å². The van der Waals surface area contributed by atoms with Crippen LogP contribution >= 0.6 is 23.2 Å². The maximum atomic E-state index is 12.1. The van der Waals surface area contributed by atoms with E-state index in [2.05, 4.69) is 10.6 Å². The van der Waals surface area contributed by atoms with Gasteiger partial charge in [-0.05, 0) is 23.8 Å². The van der Waals surface area contributed by atoms with Crippen molar-refractivity contribution in [2.24, 2.45) is 0 Å². The highest BCUT2D eigenvalue weighted by Crippen LogP contribution is 2.25. The number of amides is 2. The number of benzene rings is 2. The lowest BCUT2D eigenvalue weighted by Gasteiger charge is -2.17. The lowest BCUT2D eigenvalue weighted by atomic mass is 10.0. The van der Waals surface area contributed by atoms with E-state index in [4.69, 9.17) is 27.9 Å². The number of ether oxygens (including phenoxy) is 1. The van der Waals surface area contributed by atoms with Crippen molar-refractivity contribution in [3.8, 4) is 0 Å². The van der Waals surface area contributed by atoms with Crippen LogP contribution in [0, 0.1) is 0 Å². The number of hydrogen-bond acceptors (Lipinski definition) is 4. The zero-order chi connectivity index (χ0) is 19.8. The van der Waals surface area contributed by atoms with Crippen LogP contribution in [0.25, 0.3) is 0 Å². The first-order valence-electron chi connectivity index (χ1n) is 8.07. The van der Waals surface area contributed by atoms with Crippen LogP contribution < -0.4 is 10.6 Å². The fraction of sp³-hybridized carbons (Fsp3) is 0.211. The monoisotopic (exact) mass is 408 g/mol. The van der Waals surface area contributed by atoms with Crippen LogP contribution in [0.2, 0.25) is 10.0 Å². The van der Waals surface area contributed by atoms with Crippen molar-refractivity contribution in [2.45, 2.75) is 19.4 Å². The zero-order valence-electron chi connectivity index (χ0n) is 14.5. The Balaban J connectivity index is 1.88. The topological polar surface area (TPSA) is 84.5 Å². The lowest BCUT2D eigenvalue weighted by molar-refractivity contribution is -0.148. The Morgan fingerprint density at radius 1 is 1.04 bits per heavy atom. The molecule has 2 aromatic rings. The number of carbonyl (C=O) groups is 3. The molecule has 0 saturated carbocycles. The van der Waals surface area contributed by atoms with Gasteiger partial charge in [-0.15, -0.1) is 0 Å². The summed E-state index contributed by atoms with van der Waals surface area (Å²) >= 11 is 11.7. The van der Waals surface area contributed by atoms with Gasteiger partial charge >= 0.3 is 5.97 Å². The first-order chi connectivity index (χ1) is 12.8. The summed E-state index contributed by atoms with van der Waals surface area (Å²) in [6, 6.07) is 13.1. The first kappa shape index (κ1) is 20.7. The Morgan fingerprint density at radius 2 is 1.74 bits per heavy atom.